The fraction of sp³-hybridized carbons (Fsp3) is 0.367. The van der Waals surface area contributed by atoms with Crippen LogP contribution in [0.5, 0.6) is 5.88 Å². The van der Waals surface area contributed by atoms with E-state index in [2.05, 4.69) is 70.2 Å². The average Bonchev–Trinajstić information content (AvgIpc) is 3.39. The third-order valence-electron chi connectivity index (χ3n) is 7.95. The lowest BCUT2D eigenvalue weighted by molar-refractivity contribution is -0.125. The number of carbonyl (C=O) groups excluding carboxylic acids is 1. The van der Waals surface area contributed by atoms with Gasteiger partial charge in [0.25, 0.3) is 5.91 Å². The van der Waals surface area contributed by atoms with Crippen molar-refractivity contribution in [1.29, 1.82) is 10.5 Å². The van der Waals surface area contributed by atoms with E-state index in [-0.39, 0.29) is 29.4 Å². The van der Waals surface area contributed by atoms with Crippen molar-refractivity contribution in [3.8, 4) is 23.7 Å². The molecule has 1 saturated heterocycles. The second kappa shape index (κ2) is 12.3. The molecule has 3 aromatic heterocycles. The standard InChI is InChI=1S/C30H32ClN9O3Si/c1-30(2,3)44(4,5)43-21-15-39(16-21)17-24(28(41)38-25-10-9-19(11-32)13-34-25)42-29-22-14-37-40(27(22)35-18-36-29)26-20(12-33)7-6-8-23(26)31/h6-10,13-14,18,21,24H,15-17H2,1-5H3,(H,34,38,41). The quantitative estimate of drug-likeness (QED) is 0.258. The minimum atomic E-state index is -1.94. The Balaban J connectivity index is 1.40. The molecule has 1 aliphatic rings. The molecule has 14 heteroatoms. The zero-order valence-electron chi connectivity index (χ0n) is 25.1. The maximum Gasteiger partial charge on any atom is 0.268 e. The highest BCUT2D eigenvalue weighted by atomic mass is 35.5. The second-order valence-corrected chi connectivity index (χ2v) is 17.2. The highest BCUT2D eigenvalue weighted by molar-refractivity contribution is 6.74. The summed E-state index contributed by atoms with van der Waals surface area (Å²) < 4.78 is 14.3. The number of rotatable bonds is 9. The summed E-state index contributed by atoms with van der Waals surface area (Å²) in [7, 11) is -1.94. The van der Waals surface area contributed by atoms with Crippen molar-refractivity contribution in [3.05, 3.63) is 65.2 Å². The molecule has 1 aromatic carbocycles. The lowest BCUT2D eigenvalue weighted by atomic mass is 10.1. The van der Waals surface area contributed by atoms with Crippen molar-refractivity contribution in [2.45, 2.75) is 51.1 Å². The molecule has 4 aromatic rings. The van der Waals surface area contributed by atoms with Crippen molar-refractivity contribution in [3.63, 3.8) is 0 Å². The molecule has 226 valence electrons. The number of halogens is 1. The number of amides is 1. The molecule has 1 atom stereocenters. The molecule has 0 saturated carbocycles. The number of fused-ring (bicyclic) bond motifs is 1. The SMILES string of the molecule is CC(C)(C)[Si](C)(C)OC1CN(CC(Oc2ncnc3c2cnn3-c2c(Cl)cccc2C#N)C(=O)Nc2ccc(C#N)cn2)C1. The summed E-state index contributed by atoms with van der Waals surface area (Å²) in [6.45, 7) is 12.7. The fourth-order valence-corrected chi connectivity index (χ4v) is 6.11. The number of hydrogen-bond donors (Lipinski definition) is 1. The van der Waals surface area contributed by atoms with Crippen LogP contribution in [0.25, 0.3) is 16.7 Å². The van der Waals surface area contributed by atoms with Crippen LogP contribution in [0, 0.1) is 22.7 Å². The Labute approximate surface area is 261 Å². The normalized spacial score (nSPS) is 14.8. The van der Waals surface area contributed by atoms with E-state index in [1.165, 1.54) is 23.4 Å². The van der Waals surface area contributed by atoms with Gasteiger partial charge >= 0.3 is 0 Å². The molecular formula is C30H32ClN9O3Si. The minimum absolute atomic E-state index is 0.0775. The molecule has 1 aliphatic heterocycles. The second-order valence-electron chi connectivity index (χ2n) is 12.1. The molecule has 1 fully saturated rings. The highest BCUT2D eigenvalue weighted by Gasteiger charge is 2.42. The van der Waals surface area contributed by atoms with E-state index in [0.717, 1.165) is 0 Å². The van der Waals surface area contributed by atoms with Crippen molar-refractivity contribution in [2.75, 3.05) is 25.0 Å². The number of likely N-dealkylation sites (tertiary alicyclic amines) is 1. The van der Waals surface area contributed by atoms with Crippen LogP contribution < -0.4 is 10.1 Å². The number of hydrogen-bond acceptors (Lipinski definition) is 10. The molecule has 1 unspecified atom stereocenters. The first-order valence-corrected chi connectivity index (χ1v) is 17.3. The predicted octanol–water partition coefficient (Wildman–Crippen LogP) is 4.70. The lowest BCUT2D eigenvalue weighted by Crippen LogP contribution is -2.60. The van der Waals surface area contributed by atoms with Crippen LogP contribution in [0.15, 0.2) is 49.1 Å². The van der Waals surface area contributed by atoms with Gasteiger partial charge in [-0.3, -0.25) is 9.69 Å². The molecule has 0 aliphatic carbocycles. The van der Waals surface area contributed by atoms with Gasteiger partial charge in [0.1, 0.15) is 35.4 Å². The average molecular weight is 630 g/mol. The number of ether oxygens (including phenoxy) is 1. The van der Waals surface area contributed by atoms with E-state index in [1.807, 2.05) is 6.07 Å². The molecule has 1 N–H and O–H groups in total. The summed E-state index contributed by atoms with van der Waals surface area (Å²) in [6, 6.07) is 12.3. The third-order valence-corrected chi connectivity index (χ3v) is 12.8. The summed E-state index contributed by atoms with van der Waals surface area (Å²) in [5.74, 6) is -0.00362. The van der Waals surface area contributed by atoms with Gasteiger partial charge in [0.05, 0.1) is 28.5 Å². The molecule has 44 heavy (non-hydrogen) atoms. The minimum Gasteiger partial charge on any atom is -0.462 e. The number of anilines is 1. The van der Waals surface area contributed by atoms with Gasteiger partial charge in [-0.05, 0) is 42.4 Å². The van der Waals surface area contributed by atoms with E-state index in [0.29, 0.717) is 46.0 Å². The molecule has 0 radical (unpaired) electrons. The van der Waals surface area contributed by atoms with Gasteiger partial charge in [-0.2, -0.15) is 15.6 Å². The van der Waals surface area contributed by atoms with Crippen molar-refractivity contribution < 1.29 is 14.0 Å². The van der Waals surface area contributed by atoms with E-state index in [9.17, 15) is 10.1 Å². The Morgan fingerprint density at radius 3 is 2.57 bits per heavy atom. The molecule has 0 bridgehead atoms. The Morgan fingerprint density at radius 1 is 1.14 bits per heavy atom. The number of aromatic nitrogens is 5. The summed E-state index contributed by atoms with van der Waals surface area (Å²) in [5, 5.41) is 26.8. The zero-order valence-corrected chi connectivity index (χ0v) is 26.8. The zero-order chi connectivity index (χ0) is 31.6. The molecule has 5 rings (SSSR count). The van der Waals surface area contributed by atoms with Crippen molar-refractivity contribution in [2.24, 2.45) is 0 Å². The maximum atomic E-state index is 13.6. The summed E-state index contributed by atoms with van der Waals surface area (Å²) in [4.78, 5) is 28.5. The number of nitriles is 2. The van der Waals surface area contributed by atoms with E-state index in [1.54, 1.807) is 30.3 Å². The summed E-state index contributed by atoms with van der Waals surface area (Å²) in [5.41, 5.74) is 1.44. The number of nitrogens with zero attached hydrogens (tertiary/aromatic N) is 8. The third kappa shape index (κ3) is 6.42. The topological polar surface area (TPSA) is 155 Å². The maximum absolute atomic E-state index is 13.6. The number of benzene rings is 1. The van der Waals surface area contributed by atoms with E-state index in [4.69, 9.17) is 26.0 Å². The predicted molar refractivity (Wildman–Crippen MR) is 167 cm³/mol. The highest BCUT2D eigenvalue weighted by Crippen LogP contribution is 2.38. The Hall–Kier alpha value is -4.40. The lowest BCUT2D eigenvalue weighted by Gasteiger charge is -2.46. The Kier molecular flexibility index (Phi) is 8.68. The molecule has 0 spiro atoms. The van der Waals surface area contributed by atoms with Crippen LogP contribution in [0.2, 0.25) is 23.2 Å². The van der Waals surface area contributed by atoms with E-state index < -0.39 is 20.3 Å². The van der Waals surface area contributed by atoms with Crippen LogP contribution in [0.1, 0.15) is 31.9 Å². The van der Waals surface area contributed by atoms with Crippen LogP contribution >= 0.6 is 11.6 Å². The first-order valence-electron chi connectivity index (χ1n) is 14.0. The van der Waals surface area contributed by atoms with Gasteiger partial charge in [-0.1, -0.05) is 38.4 Å². The number of nitrogens with one attached hydrogen (secondary N) is 1. The van der Waals surface area contributed by atoms with Crippen LogP contribution in [0.4, 0.5) is 5.82 Å². The summed E-state index contributed by atoms with van der Waals surface area (Å²) >= 11 is 6.44. The van der Waals surface area contributed by atoms with Gasteiger partial charge in [0.2, 0.25) is 5.88 Å². The van der Waals surface area contributed by atoms with Crippen LogP contribution in [-0.4, -0.2) is 75.7 Å². The first kappa shape index (κ1) is 31.0. The van der Waals surface area contributed by atoms with Crippen LogP contribution in [-0.2, 0) is 9.22 Å². The number of carbonyl (C=O) groups is 1. The largest absolute Gasteiger partial charge is 0.462 e. The summed E-state index contributed by atoms with van der Waals surface area (Å²) in [6.07, 6.45) is 3.30. The van der Waals surface area contributed by atoms with Gasteiger partial charge in [0.15, 0.2) is 20.1 Å². The van der Waals surface area contributed by atoms with Crippen molar-refractivity contribution in [1.82, 2.24) is 29.6 Å². The fourth-order valence-electron chi connectivity index (χ4n) is 4.52. The van der Waals surface area contributed by atoms with Crippen LogP contribution in [0.3, 0.4) is 0 Å². The first-order chi connectivity index (χ1) is 20.9. The monoisotopic (exact) mass is 629 g/mol. The number of pyridine rings is 1. The van der Waals surface area contributed by atoms with Gasteiger partial charge in [-0.15, -0.1) is 0 Å². The van der Waals surface area contributed by atoms with E-state index >= 15 is 0 Å². The smallest absolute Gasteiger partial charge is 0.268 e. The molecule has 4 heterocycles. The Bertz CT molecular complexity index is 1770. The van der Waals surface area contributed by atoms with Gasteiger partial charge < -0.3 is 14.5 Å². The Morgan fingerprint density at radius 2 is 1.91 bits per heavy atom. The molecular weight excluding hydrogens is 598 g/mol. The number of para-hydroxylation sites is 1. The van der Waals surface area contributed by atoms with Crippen molar-refractivity contribution >= 4 is 42.7 Å². The van der Waals surface area contributed by atoms with Gasteiger partial charge in [-0.25, -0.2) is 19.6 Å². The molecule has 1 amide bonds. The molecule has 12 nitrogen and oxygen atoms in total. The van der Waals surface area contributed by atoms with Gasteiger partial charge in [0, 0.05) is 25.8 Å².